The molecular formula is C20H26N4O5S. The normalized spacial score (nSPS) is 17.4. The molecule has 9 nitrogen and oxygen atoms in total. The molecule has 2 aromatic rings. The van der Waals surface area contributed by atoms with Crippen LogP contribution in [-0.2, 0) is 21.4 Å². The molecule has 1 aromatic carbocycles. The van der Waals surface area contributed by atoms with Gasteiger partial charge in [0, 0.05) is 11.5 Å². The van der Waals surface area contributed by atoms with Crippen LogP contribution in [0.25, 0.3) is 0 Å². The molecule has 0 saturated heterocycles. The third-order valence-corrected chi connectivity index (χ3v) is 7.41. The second-order valence-electron chi connectivity index (χ2n) is 8.42. The van der Waals surface area contributed by atoms with Crippen molar-refractivity contribution in [3.8, 4) is 5.75 Å². The number of nitrogens with zero attached hydrogens (tertiary/aromatic N) is 3. The van der Waals surface area contributed by atoms with Crippen LogP contribution in [0.5, 0.6) is 5.75 Å². The molecule has 4 rings (SSSR count). The molecule has 0 atom stereocenters. The van der Waals surface area contributed by atoms with Crippen molar-refractivity contribution in [2.24, 2.45) is 0 Å². The summed E-state index contributed by atoms with van der Waals surface area (Å²) in [6.45, 7) is 5.50. The first kappa shape index (κ1) is 20.8. The van der Waals surface area contributed by atoms with Gasteiger partial charge in [-0.1, -0.05) is 18.5 Å². The quantitative estimate of drug-likeness (QED) is 0.712. The van der Waals surface area contributed by atoms with Crippen molar-refractivity contribution < 1.29 is 22.5 Å². The van der Waals surface area contributed by atoms with E-state index in [0.29, 0.717) is 35.5 Å². The molecule has 1 amide bonds. The topological polar surface area (TPSA) is 115 Å². The van der Waals surface area contributed by atoms with Crippen LogP contribution in [-0.4, -0.2) is 36.6 Å². The number of benzene rings is 1. The molecule has 1 aliphatic carbocycles. The lowest BCUT2D eigenvalue weighted by atomic mass is 9.85. The number of anilines is 1. The van der Waals surface area contributed by atoms with Gasteiger partial charge >= 0.3 is 0 Å². The van der Waals surface area contributed by atoms with E-state index < -0.39 is 15.6 Å². The highest BCUT2D eigenvalue weighted by atomic mass is 32.2. The Bertz CT molecular complexity index is 1060. The molecule has 1 fully saturated rings. The van der Waals surface area contributed by atoms with E-state index in [4.69, 9.17) is 9.26 Å². The standard InChI is InChI=1S/C20H26N4O5S/c1-4-20(2,3)23-30(26,27)14-8-9-16-15(10-14)24(18(25)12-28-16)11-17-21-19(29-22-17)13-6-5-7-13/h8-10,13,23H,4-7,11-12H2,1-3H3. The van der Waals surface area contributed by atoms with E-state index >= 15 is 0 Å². The van der Waals surface area contributed by atoms with Crippen LogP contribution < -0.4 is 14.4 Å². The Hall–Kier alpha value is -2.46. The number of aromatic nitrogens is 2. The SMILES string of the molecule is CCC(C)(C)NS(=O)(=O)c1ccc2c(c1)N(Cc1noc(C3CCC3)n1)C(=O)CO2. The Morgan fingerprint density at radius 3 is 2.73 bits per heavy atom. The molecule has 1 aromatic heterocycles. The van der Waals surface area contributed by atoms with Gasteiger partial charge in [-0.2, -0.15) is 4.98 Å². The van der Waals surface area contributed by atoms with Gasteiger partial charge in [0.05, 0.1) is 17.1 Å². The molecule has 10 heteroatoms. The van der Waals surface area contributed by atoms with Crippen LogP contribution in [0, 0.1) is 0 Å². The van der Waals surface area contributed by atoms with Crippen LogP contribution in [0.3, 0.4) is 0 Å². The van der Waals surface area contributed by atoms with Crippen LogP contribution >= 0.6 is 0 Å². The number of ether oxygens (including phenoxy) is 1. The van der Waals surface area contributed by atoms with Gasteiger partial charge in [0.25, 0.3) is 5.91 Å². The number of carbonyl (C=O) groups excluding carboxylic acids is 1. The van der Waals surface area contributed by atoms with E-state index in [-0.39, 0.29) is 24.0 Å². The third kappa shape index (κ3) is 4.06. The van der Waals surface area contributed by atoms with Gasteiger partial charge in [-0.15, -0.1) is 0 Å². The monoisotopic (exact) mass is 434 g/mol. The summed E-state index contributed by atoms with van der Waals surface area (Å²) in [5.74, 6) is 1.42. The first-order valence-corrected chi connectivity index (χ1v) is 11.6. The fourth-order valence-electron chi connectivity index (χ4n) is 3.31. The molecule has 0 bridgehead atoms. The molecule has 2 aliphatic rings. The van der Waals surface area contributed by atoms with Crippen molar-refractivity contribution in [1.82, 2.24) is 14.9 Å². The Balaban J connectivity index is 1.62. The van der Waals surface area contributed by atoms with Crippen molar-refractivity contribution in [1.29, 1.82) is 0 Å². The number of hydrogen-bond acceptors (Lipinski definition) is 7. The van der Waals surface area contributed by atoms with Crippen LogP contribution in [0.15, 0.2) is 27.6 Å². The average molecular weight is 435 g/mol. The van der Waals surface area contributed by atoms with Crippen molar-refractivity contribution in [3.63, 3.8) is 0 Å². The molecule has 0 radical (unpaired) electrons. The zero-order valence-corrected chi connectivity index (χ0v) is 18.2. The number of rotatable bonds is 7. The van der Waals surface area contributed by atoms with Gasteiger partial charge in [0.2, 0.25) is 15.9 Å². The largest absolute Gasteiger partial charge is 0.482 e. The summed E-state index contributed by atoms with van der Waals surface area (Å²) in [4.78, 5) is 18.5. The second-order valence-corrected chi connectivity index (χ2v) is 10.1. The summed E-state index contributed by atoms with van der Waals surface area (Å²) in [6.07, 6.45) is 3.84. The van der Waals surface area contributed by atoms with E-state index in [9.17, 15) is 13.2 Å². The molecule has 1 aliphatic heterocycles. The molecule has 1 saturated carbocycles. The van der Waals surface area contributed by atoms with Crippen LogP contribution in [0.4, 0.5) is 5.69 Å². The molecular weight excluding hydrogens is 408 g/mol. The lowest BCUT2D eigenvalue weighted by Gasteiger charge is -2.29. The molecule has 0 unspecified atom stereocenters. The summed E-state index contributed by atoms with van der Waals surface area (Å²) in [5.41, 5.74) is -0.220. The fraction of sp³-hybridized carbons (Fsp3) is 0.550. The minimum atomic E-state index is -3.77. The maximum Gasteiger partial charge on any atom is 0.265 e. The summed E-state index contributed by atoms with van der Waals surface area (Å²) in [5, 5.41) is 4.00. The predicted octanol–water partition coefficient (Wildman–Crippen LogP) is 2.73. The Kier molecular flexibility index (Phi) is 5.31. The third-order valence-electron chi connectivity index (χ3n) is 5.72. The van der Waals surface area contributed by atoms with Gasteiger partial charge in [0.1, 0.15) is 5.75 Å². The van der Waals surface area contributed by atoms with Crippen molar-refractivity contribution in [2.75, 3.05) is 11.5 Å². The Morgan fingerprint density at radius 1 is 1.30 bits per heavy atom. The highest BCUT2D eigenvalue weighted by molar-refractivity contribution is 7.89. The summed E-state index contributed by atoms with van der Waals surface area (Å²) >= 11 is 0. The van der Waals surface area contributed by atoms with E-state index in [1.807, 2.05) is 20.8 Å². The van der Waals surface area contributed by atoms with Crippen molar-refractivity contribution >= 4 is 21.6 Å². The van der Waals surface area contributed by atoms with Gasteiger partial charge in [0.15, 0.2) is 12.4 Å². The van der Waals surface area contributed by atoms with Crippen molar-refractivity contribution in [3.05, 3.63) is 29.9 Å². The number of amides is 1. The molecule has 1 N–H and O–H groups in total. The number of hydrogen-bond donors (Lipinski definition) is 1. The average Bonchev–Trinajstić information content (AvgIpc) is 3.09. The smallest absolute Gasteiger partial charge is 0.265 e. The van der Waals surface area contributed by atoms with Gasteiger partial charge < -0.3 is 9.26 Å². The highest BCUT2D eigenvalue weighted by Crippen LogP contribution is 2.37. The zero-order valence-electron chi connectivity index (χ0n) is 17.3. The number of carbonyl (C=O) groups is 1. The number of fused-ring (bicyclic) bond motifs is 1. The maximum atomic E-state index is 12.9. The van der Waals surface area contributed by atoms with Gasteiger partial charge in [-0.3, -0.25) is 9.69 Å². The van der Waals surface area contributed by atoms with Gasteiger partial charge in [-0.05, 0) is 51.3 Å². The van der Waals surface area contributed by atoms with E-state index in [1.165, 1.54) is 17.0 Å². The summed E-state index contributed by atoms with van der Waals surface area (Å²) < 4.78 is 39.3. The minimum Gasteiger partial charge on any atom is -0.482 e. The number of sulfonamides is 1. The predicted molar refractivity (Wildman–Crippen MR) is 109 cm³/mol. The lowest BCUT2D eigenvalue weighted by molar-refractivity contribution is -0.121. The molecule has 0 spiro atoms. The van der Waals surface area contributed by atoms with E-state index in [1.54, 1.807) is 6.07 Å². The summed E-state index contributed by atoms with van der Waals surface area (Å²) in [7, 11) is -3.77. The lowest BCUT2D eigenvalue weighted by Crippen LogP contribution is -2.43. The second kappa shape index (κ2) is 7.66. The first-order chi connectivity index (χ1) is 14.2. The minimum absolute atomic E-state index is 0.0642. The molecule has 2 heterocycles. The maximum absolute atomic E-state index is 12.9. The Labute approximate surface area is 175 Å². The van der Waals surface area contributed by atoms with Crippen LogP contribution in [0.2, 0.25) is 0 Å². The number of nitrogens with one attached hydrogen (secondary N) is 1. The first-order valence-electron chi connectivity index (χ1n) is 10.1. The highest BCUT2D eigenvalue weighted by Gasteiger charge is 2.32. The van der Waals surface area contributed by atoms with Crippen molar-refractivity contribution in [2.45, 2.75) is 69.4 Å². The zero-order chi connectivity index (χ0) is 21.5. The van der Waals surface area contributed by atoms with Crippen LogP contribution in [0.1, 0.15) is 64.1 Å². The van der Waals surface area contributed by atoms with E-state index in [2.05, 4.69) is 14.9 Å². The Morgan fingerprint density at radius 2 is 2.07 bits per heavy atom. The molecule has 30 heavy (non-hydrogen) atoms. The van der Waals surface area contributed by atoms with E-state index in [0.717, 1.165) is 19.3 Å². The van der Waals surface area contributed by atoms with Gasteiger partial charge in [-0.25, -0.2) is 13.1 Å². The summed E-state index contributed by atoms with van der Waals surface area (Å²) in [6, 6.07) is 4.50. The molecule has 162 valence electrons. The fourth-order valence-corrected chi connectivity index (χ4v) is 4.82.